The number of hydrogen-bond donors (Lipinski definition) is 0. The second kappa shape index (κ2) is 4.68. The maximum Gasteiger partial charge on any atom is 0.262 e. The van der Waals surface area contributed by atoms with E-state index in [1.807, 2.05) is 0 Å². The molecule has 0 spiro atoms. The molecule has 0 saturated carbocycles. The summed E-state index contributed by atoms with van der Waals surface area (Å²) in [5.41, 5.74) is 0. The van der Waals surface area contributed by atoms with Gasteiger partial charge in [-0.05, 0) is 6.92 Å². The zero-order chi connectivity index (χ0) is 12.3. The molecule has 0 aliphatic rings. The zero-order valence-electron chi connectivity index (χ0n) is 9.64. The molecule has 1 heterocycles. The molecular weight excluding hydrogens is 226 g/mol. The van der Waals surface area contributed by atoms with Gasteiger partial charge in [-0.3, -0.25) is 0 Å². The lowest BCUT2D eigenvalue weighted by Crippen LogP contribution is -2.31. The number of aryl methyl sites for hydroxylation is 2. The number of hydrogen-bond acceptors (Lipinski definition) is 3. The van der Waals surface area contributed by atoms with Crippen LogP contribution in [0, 0.1) is 19.3 Å². The molecule has 5 nitrogen and oxygen atoms in total. The van der Waals surface area contributed by atoms with E-state index in [0.717, 1.165) is 0 Å². The van der Waals surface area contributed by atoms with Gasteiger partial charge in [0.05, 0.1) is 6.54 Å². The van der Waals surface area contributed by atoms with Crippen LogP contribution in [-0.4, -0.2) is 35.4 Å². The van der Waals surface area contributed by atoms with Gasteiger partial charge >= 0.3 is 0 Å². The van der Waals surface area contributed by atoms with Crippen molar-refractivity contribution in [3.8, 4) is 12.3 Å². The fraction of sp³-hybridized carbons (Fsp3) is 0.500. The topological polar surface area (TPSA) is 55.2 Å². The molecule has 0 unspecified atom stereocenters. The van der Waals surface area contributed by atoms with Crippen LogP contribution in [0.1, 0.15) is 12.7 Å². The van der Waals surface area contributed by atoms with Gasteiger partial charge in [0.1, 0.15) is 5.82 Å². The van der Waals surface area contributed by atoms with Gasteiger partial charge < -0.3 is 4.57 Å². The summed E-state index contributed by atoms with van der Waals surface area (Å²) >= 11 is 0. The highest BCUT2D eigenvalue weighted by molar-refractivity contribution is 7.89. The van der Waals surface area contributed by atoms with E-state index in [9.17, 15) is 8.42 Å². The van der Waals surface area contributed by atoms with Gasteiger partial charge in [-0.25, -0.2) is 13.4 Å². The molecule has 6 heteroatoms. The fourth-order valence-corrected chi connectivity index (χ4v) is 2.64. The summed E-state index contributed by atoms with van der Waals surface area (Å²) in [6.45, 7) is 3.89. The highest BCUT2D eigenvalue weighted by atomic mass is 32.2. The molecule has 0 amide bonds. The summed E-state index contributed by atoms with van der Waals surface area (Å²) in [7, 11) is -1.81. The average Bonchev–Trinajstić information content (AvgIpc) is 2.56. The van der Waals surface area contributed by atoms with Gasteiger partial charge in [0, 0.05) is 19.8 Å². The van der Waals surface area contributed by atoms with Crippen molar-refractivity contribution >= 4 is 10.0 Å². The number of sulfonamides is 1. The normalized spacial score (nSPS) is 11.7. The van der Waals surface area contributed by atoms with E-state index in [1.54, 1.807) is 25.5 Å². The summed E-state index contributed by atoms with van der Waals surface area (Å²) in [5.74, 6) is 2.98. The quantitative estimate of drug-likeness (QED) is 0.716. The van der Waals surface area contributed by atoms with Gasteiger partial charge in [-0.15, -0.1) is 6.42 Å². The van der Waals surface area contributed by atoms with Gasteiger partial charge in [0.2, 0.25) is 0 Å². The molecule has 1 aromatic rings. The molecule has 1 aromatic heterocycles. The summed E-state index contributed by atoms with van der Waals surface area (Å²) in [4.78, 5) is 4.00. The molecule has 88 valence electrons. The predicted octanol–water partition coefficient (Wildman–Crippen LogP) is 0.372. The zero-order valence-corrected chi connectivity index (χ0v) is 10.5. The Morgan fingerprint density at radius 3 is 2.62 bits per heavy atom. The highest BCUT2D eigenvalue weighted by Gasteiger charge is 2.25. The summed E-state index contributed by atoms with van der Waals surface area (Å²) in [6, 6.07) is 0. The van der Waals surface area contributed by atoms with Crippen LogP contribution in [-0.2, 0) is 17.1 Å². The minimum Gasteiger partial charge on any atom is -0.337 e. The Kier molecular flexibility index (Phi) is 3.73. The van der Waals surface area contributed by atoms with Crippen LogP contribution in [0.3, 0.4) is 0 Å². The maximum atomic E-state index is 12.1. The van der Waals surface area contributed by atoms with Crippen molar-refractivity contribution in [1.82, 2.24) is 13.9 Å². The minimum absolute atomic E-state index is 0.0459. The smallest absolute Gasteiger partial charge is 0.262 e. The third-order valence-corrected chi connectivity index (χ3v) is 4.10. The third kappa shape index (κ3) is 2.26. The van der Waals surface area contributed by atoms with Crippen molar-refractivity contribution in [2.75, 3.05) is 13.1 Å². The second-order valence-electron chi connectivity index (χ2n) is 3.37. The lowest BCUT2D eigenvalue weighted by atomic mass is 10.6. The first-order valence-electron chi connectivity index (χ1n) is 4.87. The van der Waals surface area contributed by atoms with Gasteiger partial charge in [0.25, 0.3) is 10.0 Å². The summed E-state index contributed by atoms with van der Waals surface area (Å²) < 4.78 is 27.0. The Labute approximate surface area is 96.1 Å². The standard InChI is InChI=1S/C10H15N3O2S/c1-5-7-13(6-2)16(14,15)10-8-12(4)9(3)11-10/h1,8H,6-7H2,2-4H3. The van der Waals surface area contributed by atoms with Crippen molar-refractivity contribution < 1.29 is 8.42 Å². The number of imidazole rings is 1. The number of aromatic nitrogens is 2. The summed E-state index contributed by atoms with van der Waals surface area (Å²) in [5, 5.41) is 0.0459. The van der Waals surface area contributed by atoms with E-state index in [2.05, 4.69) is 10.9 Å². The van der Waals surface area contributed by atoms with Gasteiger partial charge in [-0.1, -0.05) is 12.8 Å². The van der Waals surface area contributed by atoms with E-state index in [4.69, 9.17) is 6.42 Å². The monoisotopic (exact) mass is 241 g/mol. The van der Waals surface area contributed by atoms with Crippen molar-refractivity contribution in [2.45, 2.75) is 18.9 Å². The molecule has 0 aliphatic carbocycles. The average molecular weight is 241 g/mol. The first kappa shape index (κ1) is 12.7. The Balaban J connectivity index is 3.15. The molecule has 0 atom stereocenters. The minimum atomic E-state index is -3.56. The molecule has 0 fully saturated rings. The number of terminal acetylenes is 1. The highest BCUT2D eigenvalue weighted by Crippen LogP contribution is 2.13. The van der Waals surface area contributed by atoms with Crippen molar-refractivity contribution in [3.63, 3.8) is 0 Å². The van der Waals surface area contributed by atoms with E-state index >= 15 is 0 Å². The lowest BCUT2D eigenvalue weighted by Gasteiger charge is -2.15. The lowest BCUT2D eigenvalue weighted by molar-refractivity contribution is 0.461. The Hall–Kier alpha value is -1.32. The second-order valence-corrected chi connectivity index (χ2v) is 5.26. The molecule has 0 aliphatic heterocycles. The van der Waals surface area contributed by atoms with Crippen LogP contribution in [0.4, 0.5) is 0 Å². The van der Waals surface area contributed by atoms with E-state index < -0.39 is 10.0 Å². The molecule has 1 rings (SSSR count). The van der Waals surface area contributed by atoms with Crippen LogP contribution >= 0.6 is 0 Å². The Morgan fingerprint density at radius 1 is 1.62 bits per heavy atom. The maximum absolute atomic E-state index is 12.1. The van der Waals surface area contributed by atoms with Gasteiger partial charge in [-0.2, -0.15) is 4.31 Å². The van der Waals surface area contributed by atoms with Crippen LogP contribution in [0.2, 0.25) is 0 Å². The van der Waals surface area contributed by atoms with E-state index in [1.165, 1.54) is 10.5 Å². The predicted molar refractivity (Wildman–Crippen MR) is 61.2 cm³/mol. The molecule has 0 radical (unpaired) electrons. The van der Waals surface area contributed by atoms with E-state index in [0.29, 0.717) is 12.4 Å². The van der Waals surface area contributed by atoms with Crippen LogP contribution in [0.15, 0.2) is 11.2 Å². The molecule has 0 N–H and O–H groups in total. The van der Waals surface area contributed by atoms with E-state index in [-0.39, 0.29) is 11.6 Å². The molecule has 0 aromatic carbocycles. The number of rotatable bonds is 4. The van der Waals surface area contributed by atoms with Crippen LogP contribution in [0.25, 0.3) is 0 Å². The third-order valence-electron chi connectivity index (χ3n) is 2.31. The largest absolute Gasteiger partial charge is 0.337 e. The molecule has 0 bridgehead atoms. The molecular formula is C10H15N3O2S. The van der Waals surface area contributed by atoms with Crippen molar-refractivity contribution in [2.24, 2.45) is 7.05 Å². The van der Waals surface area contributed by atoms with Crippen molar-refractivity contribution in [3.05, 3.63) is 12.0 Å². The fourth-order valence-electron chi connectivity index (χ4n) is 1.25. The molecule has 0 saturated heterocycles. The van der Waals surface area contributed by atoms with Crippen LogP contribution in [0.5, 0.6) is 0 Å². The number of nitrogens with zero attached hydrogens (tertiary/aromatic N) is 3. The first-order chi connectivity index (χ1) is 7.43. The Morgan fingerprint density at radius 2 is 2.25 bits per heavy atom. The Bertz CT molecular complexity index is 491. The van der Waals surface area contributed by atoms with Gasteiger partial charge in [0.15, 0.2) is 5.03 Å². The molecule has 16 heavy (non-hydrogen) atoms. The summed E-state index contributed by atoms with van der Waals surface area (Å²) in [6.07, 6.45) is 6.62. The first-order valence-corrected chi connectivity index (χ1v) is 6.31. The SMILES string of the molecule is C#CCN(CC)S(=O)(=O)c1cn(C)c(C)n1. The van der Waals surface area contributed by atoms with Crippen molar-refractivity contribution in [1.29, 1.82) is 0 Å². The van der Waals surface area contributed by atoms with Crippen LogP contribution < -0.4 is 0 Å².